The topological polar surface area (TPSA) is 82.2 Å². The fraction of sp³-hybridized carbons (Fsp3) is 0.136. The van der Waals surface area contributed by atoms with E-state index in [0.29, 0.717) is 28.6 Å². The molecule has 4 rings (SSSR count). The molecule has 0 atom stereocenters. The SMILES string of the molecule is Cc1onc(C(=O)Nc2nn(Cc3ccc(F)cc3)cc2Cl)c1COc1ccc(Cl)cc1. The van der Waals surface area contributed by atoms with Gasteiger partial charge in [-0.1, -0.05) is 40.5 Å². The molecule has 0 aliphatic heterocycles. The van der Waals surface area contributed by atoms with Crippen LogP contribution in [0.4, 0.5) is 10.2 Å². The molecular weight excluding hydrogens is 458 g/mol. The minimum absolute atomic E-state index is 0.0700. The van der Waals surface area contributed by atoms with Crippen molar-refractivity contribution in [1.82, 2.24) is 14.9 Å². The van der Waals surface area contributed by atoms with Gasteiger partial charge in [0.25, 0.3) is 5.91 Å². The van der Waals surface area contributed by atoms with Crippen LogP contribution >= 0.6 is 23.2 Å². The molecule has 0 aliphatic carbocycles. The molecule has 10 heteroatoms. The number of carbonyl (C=O) groups excluding carboxylic acids is 1. The molecule has 0 spiro atoms. The summed E-state index contributed by atoms with van der Waals surface area (Å²) < 4.78 is 25.5. The van der Waals surface area contributed by atoms with E-state index in [0.717, 1.165) is 5.56 Å². The molecule has 4 aromatic rings. The van der Waals surface area contributed by atoms with Gasteiger partial charge in [0.05, 0.1) is 12.1 Å². The van der Waals surface area contributed by atoms with Gasteiger partial charge in [-0.25, -0.2) is 4.39 Å². The van der Waals surface area contributed by atoms with Crippen LogP contribution in [0.2, 0.25) is 10.0 Å². The molecule has 2 aromatic heterocycles. The summed E-state index contributed by atoms with van der Waals surface area (Å²) in [4.78, 5) is 12.8. The molecule has 0 fully saturated rings. The number of halogens is 3. The molecule has 164 valence electrons. The Morgan fingerprint density at radius 2 is 1.88 bits per heavy atom. The maximum Gasteiger partial charge on any atom is 0.279 e. The van der Waals surface area contributed by atoms with Gasteiger partial charge >= 0.3 is 0 Å². The summed E-state index contributed by atoms with van der Waals surface area (Å²) in [6, 6.07) is 12.9. The fourth-order valence-electron chi connectivity index (χ4n) is 2.93. The molecule has 2 heterocycles. The van der Waals surface area contributed by atoms with E-state index in [4.69, 9.17) is 32.5 Å². The van der Waals surface area contributed by atoms with Gasteiger partial charge in [-0.2, -0.15) is 5.10 Å². The van der Waals surface area contributed by atoms with Crippen LogP contribution in [0.1, 0.15) is 27.4 Å². The summed E-state index contributed by atoms with van der Waals surface area (Å²) in [5, 5.41) is 11.6. The maximum absolute atomic E-state index is 13.1. The summed E-state index contributed by atoms with van der Waals surface area (Å²) in [6.07, 6.45) is 1.57. The van der Waals surface area contributed by atoms with E-state index in [1.54, 1.807) is 54.2 Å². The maximum atomic E-state index is 13.1. The van der Waals surface area contributed by atoms with Crippen molar-refractivity contribution in [1.29, 1.82) is 0 Å². The van der Waals surface area contributed by atoms with Gasteiger partial charge in [-0.3, -0.25) is 9.48 Å². The number of hydrogen-bond acceptors (Lipinski definition) is 5. The van der Waals surface area contributed by atoms with Crippen LogP contribution in [0.5, 0.6) is 5.75 Å². The summed E-state index contributed by atoms with van der Waals surface area (Å²) in [5.41, 5.74) is 1.40. The average Bonchev–Trinajstić information content (AvgIpc) is 3.31. The van der Waals surface area contributed by atoms with Crippen LogP contribution in [0.3, 0.4) is 0 Å². The molecule has 0 aliphatic rings. The Hall–Kier alpha value is -3.36. The van der Waals surface area contributed by atoms with Crippen molar-refractivity contribution in [2.24, 2.45) is 0 Å². The number of rotatable bonds is 7. The first kappa shape index (κ1) is 21.9. The second-order valence-corrected chi connectivity index (χ2v) is 7.76. The molecule has 7 nitrogen and oxygen atoms in total. The lowest BCUT2D eigenvalue weighted by molar-refractivity contribution is 0.101. The minimum Gasteiger partial charge on any atom is -0.489 e. The predicted molar refractivity (Wildman–Crippen MR) is 118 cm³/mol. The summed E-state index contributed by atoms with van der Waals surface area (Å²) in [6.45, 7) is 2.13. The van der Waals surface area contributed by atoms with E-state index in [2.05, 4.69) is 15.6 Å². The summed E-state index contributed by atoms with van der Waals surface area (Å²) in [5.74, 6) is 0.356. The zero-order chi connectivity index (χ0) is 22.7. The molecule has 1 N–H and O–H groups in total. The Morgan fingerprint density at radius 1 is 1.16 bits per heavy atom. The first-order valence-corrected chi connectivity index (χ1v) is 10.3. The Balaban J connectivity index is 1.45. The van der Waals surface area contributed by atoms with Crippen molar-refractivity contribution in [3.05, 3.63) is 93.2 Å². The highest BCUT2D eigenvalue weighted by Gasteiger charge is 2.22. The lowest BCUT2D eigenvalue weighted by atomic mass is 10.2. The third kappa shape index (κ3) is 5.09. The van der Waals surface area contributed by atoms with Gasteiger partial charge < -0.3 is 14.6 Å². The van der Waals surface area contributed by atoms with E-state index in [1.165, 1.54) is 12.1 Å². The van der Waals surface area contributed by atoms with Crippen molar-refractivity contribution in [3.8, 4) is 5.75 Å². The zero-order valence-electron chi connectivity index (χ0n) is 16.8. The Bertz CT molecular complexity index is 1240. The number of nitrogens with one attached hydrogen (secondary N) is 1. The number of hydrogen-bond donors (Lipinski definition) is 1. The van der Waals surface area contributed by atoms with Crippen LogP contribution in [-0.4, -0.2) is 20.8 Å². The molecule has 32 heavy (non-hydrogen) atoms. The third-order valence-corrected chi connectivity index (χ3v) is 5.13. The molecule has 2 aromatic carbocycles. The van der Waals surface area contributed by atoms with Crippen LogP contribution in [-0.2, 0) is 13.2 Å². The van der Waals surface area contributed by atoms with E-state index in [-0.39, 0.29) is 29.0 Å². The highest BCUT2D eigenvalue weighted by Crippen LogP contribution is 2.23. The second-order valence-electron chi connectivity index (χ2n) is 6.91. The van der Waals surface area contributed by atoms with Crippen molar-refractivity contribution >= 4 is 34.9 Å². The Labute approximate surface area is 192 Å². The number of ether oxygens (including phenoxy) is 1. The lowest BCUT2D eigenvalue weighted by Crippen LogP contribution is -2.16. The molecule has 1 amide bonds. The number of amides is 1. The molecular formula is C22H17Cl2FN4O3. The standard InChI is InChI=1S/C22H17Cl2FN4O3/c1-13-18(12-31-17-8-4-15(23)5-9-17)20(28-32-13)22(30)26-21-19(24)11-29(27-21)10-14-2-6-16(25)7-3-14/h2-9,11H,10,12H2,1H3,(H,26,27,30). The predicted octanol–water partition coefficient (Wildman–Crippen LogP) is 5.51. The van der Waals surface area contributed by atoms with Crippen LogP contribution in [0, 0.1) is 12.7 Å². The monoisotopic (exact) mass is 474 g/mol. The van der Waals surface area contributed by atoms with Crippen molar-refractivity contribution in [3.63, 3.8) is 0 Å². The molecule has 0 radical (unpaired) electrons. The average molecular weight is 475 g/mol. The Morgan fingerprint density at radius 3 is 2.59 bits per heavy atom. The molecule has 0 saturated carbocycles. The van der Waals surface area contributed by atoms with Gasteiger partial charge in [0, 0.05) is 11.2 Å². The van der Waals surface area contributed by atoms with E-state index in [1.807, 2.05) is 0 Å². The van der Waals surface area contributed by atoms with Crippen molar-refractivity contribution in [2.45, 2.75) is 20.1 Å². The third-order valence-electron chi connectivity index (χ3n) is 4.60. The summed E-state index contributed by atoms with van der Waals surface area (Å²) >= 11 is 12.1. The largest absolute Gasteiger partial charge is 0.489 e. The van der Waals surface area contributed by atoms with Gasteiger partial charge in [-0.05, 0) is 48.9 Å². The van der Waals surface area contributed by atoms with E-state index < -0.39 is 5.91 Å². The van der Waals surface area contributed by atoms with Gasteiger partial charge in [0.15, 0.2) is 11.5 Å². The molecule has 0 saturated heterocycles. The highest BCUT2D eigenvalue weighted by atomic mass is 35.5. The lowest BCUT2D eigenvalue weighted by Gasteiger charge is -2.07. The number of nitrogens with zero attached hydrogens (tertiary/aromatic N) is 3. The summed E-state index contributed by atoms with van der Waals surface area (Å²) in [7, 11) is 0. The van der Waals surface area contributed by atoms with Gasteiger partial charge in [0.1, 0.15) is 29.0 Å². The van der Waals surface area contributed by atoms with E-state index in [9.17, 15) is 9.18 Å². The first-order valence-electron chi connectivity index (χ1n) is 9.51. The van der Waals surface area contributed by atoms with Crippen LogP contribution < -0.4 is 10.1 Å². The number of aryl methyl sites for hydroxylation is 1. The second kappa shape index (κ2) is 9.42. The zero-order valence-corrected chi connectivity index (χ0v) is 18.3. The van der Waals surface area contributed by atoms with Crippen molar-refractivity contribution < 1.29 is 18.4 Å². The smallest absolute Gasteiger partial charge is 0.279 e. The normalized spacial score (nSPS) is 10.9. The van der Waals surface area contributed by atoms with Crippen LogP contribution in [0.15, 0.2) is 59.3 Å². The number of benzene rings is 2. The quantitative estimate of drug-likeness (QED) is 0.382. The number of carbonyl (C=O) groups is 1. The van der Waals surface area contributed by atoms with Crippen LogP contribution in [0.25, 0.3) is 0 Å². The molecule has 0 bridgehead atoms. The van der Waals surface area contributed by atoms with Crippen molar-refractivity contribution in [2.75, 3.05) is 5.32 Å². The fourth-order valence-corrected chi connectivity index (χ4v) is 3.26. The molecule has 0 unspecified atom stereocenters. The van der Waals surface area contributed by atoms with E-state index >= 15 is 0 Å². The minimum atomic E-state index is -0.537. The van der Waals surface area contributed by atoms with Gasteiger partial charge in [-0.15, -0.1) is 0 Å². The number of anilines is 1. The first-order chi connectivity index (χ1) is 15.4. The number of aromatic nitrogens is 3. The highest BCUT2D eigenvalue weighted by molar-refractivity contribution is 6.33. The van der Waals surface area contributed by atoms with Gasteiger partial charge in [0.2, 0.25) is 0 Å². The Kier molecular flexibility index (Phi) is 6.43.